The summed E-state index contributed by atoms with van der Waals surface area (Å²) in [6.07, 6.45) is 1.20. The second kappa shape index (κ2) is 9.93. The van der Waals surface area contributed by atoms with E-state index in [0.717, 1.165) is 11.7 Å². The van der Waals surface area contributed by atoms with E-state index < -0.39 is 20.0 Å². The van der Waals surface area contributed by atoms with Gasteiger partial charge in [-0.25, -0.2) is 13.8 Å². The molecule has 0 spiro atoms. The molecule has 0 saturated carbocycles. The van der Waals surface area contributed by atoms with Crippen molar-refractivity contribution in [3.63, 3.8) is 0 Å². The maximum Gasteiger partial charge on any atom is 0.181 e. The molecule has 0 saturated heterocycles. The summed E-state index contributed by atoms with van der Waals surface area (Å²) in [5.74, 6) is 0.179. The monoisotopic (exact) mass is 464 g/mol. The number of hydrogen-bond donors (Lipinski definition) is 0. The van der Waals surface area contributed by atoms with E-state index in [4.69, 9.17) is 21.1 Å². The second-order valence-electron chi connectivity index (χ2n) is 8.68. The lowest BCUT2D eigenvalue weighted by molar-refractivity contribution is 0.0802. The molecule has 1 aromatic heterocycles. The van der Waals surface area contributed by atoms with Gasteiger partial charge in [0.2, 0.25) is 0 Å². The van der Waals surface area contributed by atoms with Gasteiger partial charge < -0.3 is 14.0 Å². The molecule has 166 valence electrons. The highest BCUT2D eigenvalue weighted by Crippen LogP contribution is 2.31. The van der Waals surface area contributed by atoms with E-state index in [2.05, 4.69) is 24.6 Å². The topological polar surface area (TPSA) is 36.3 Å². The van der Waals surface area contributed by atoms with Crippen LogP contribution in [0.2, 0.25) is 30.7 Å². The summed E-state index contributed by atoms with van der Waals surface area (Å²) in [7, 11) is -1.20. The van der Waals surface area contributed by atoms with Crippen molar-refractivity contribution in [3.05, 3.63) is 82.4 Å². The van der Waals surface area contributed by atoms with E-state index in [1.165, 1.54) is 36.4 Å². The fourth-order valence-corrected chi connectivity index (χ4v) is 3.96. The number of aryl methyl sites for hydroxylation is 1. The Balaban J connectivity index is 1.91. The predicted molar refractivity (Wildman–Crippen MR) is 121 cm³/mol. The average molecular weight is 465 g/mol. The molecule has 8 heteroatoms. The van der Waals surface area contributed by atoms with Crippen LogP contribution in [0.15, 0.2) is 48.7 Å². The lowest BCUT2D eigenvalue weighted by Crippen LogP contribution is -2.22. The molecule has 0 bridgehead atoms. The zero-order chi connectivity index (χ0) is 22.6. The van der Waals surface area contributed by atoms with Crippen LogP contribution in [0.4, 0.5) is 8.78 Å². The van der Waals surface area contributed by atoms with Crippen LogP contribution in [0, 0.1) is 18.6 Å². The molecular formula is C23H27ClF2N2O2Si. The first-order valence-electron chi connectivity index (χ1n) is 10.1. The fourth-order valence-electron chi connectivity index (χ4n) is 3.01. The largest absolute Gasteiger partial charge is 0.478 e. The summed E-state index contributed by atoms with van der Waals surface area (Å²) >= 11 is 6.03. The third-order valence-corrected chi connectivity index (χ3v) is 6.70. The number of aromatic nitrogens is 2. The van der Waals surface area contributed by atoms with Gasteiger partial charge in [0.1, 0.15) is 24.1 Å². The average Bonchev–Trinajstić information content (AvgIpc) is 3.06. The van der Waals surface area contributed by atoms with Gasteiger partial charge in [0.05, 0.1) is 10.7 Å². The highest BCUT2D eigenvalue weighted by atomic mass is 35.5. The molecule has 0 aliphatic heterocycles. The molecule has 1 atom stereocenters. The number of benzene rings is 2. The Labute approximate surface area is 187 Å². The van der Waals surface area contributed by atoms with Gasteiger partial charge >= 0.3 is 0 Å². The Morgan fingerprint density at radius 2 is 1.81 bits per heavy atom. The summed E-state index contributed by atoms with van der Waals surface area (Å²) in [5, 5.41) is -0.00794. The molecule has 1 heterocycles. The first-order chi connectivity index (χ1) is 14.6. The molecule has 31 heavy (non-hydrogen) atoms. The summed E-state index contributed by atoms with van der Waals surface area (Å²) < 4.78 is 41.1. The maximum absolute atomic E-state index is 13.8. The van der Waals surface area contributed by atoms with Crippen molar-refractivity contribution in [2.24, 2.45) is 0 Å². The molecule has 1 unspecified atom stereocenters. The summed E-state index contributed by atoms with van der Waals surface area (Å²) in [6.45, 7) is 9.77. The Morgan fingerprint density at radius 3 is 2.45 bits per heavy atom. The van der Waals surface area contributed by atoms with Crippen LogP contribution < -0.4 is 4.74 Å². The first-order valence-corrected chi connectivity index (χ1v) is 14.2. The van der Waals surface area contributed by atoms with E-state index in [9.17, 15) is 8.78 Å². The predicted octanol–water partition coefficient (Wildman–Crippen LogP) is 6.60. The van der Waals surface area contributed by atoms with Gasteiger partial charge in [0, 0.05) is 26.4 Å². The van der Waals surface area contributed by atoms with Crippen LogP contribution in [-0.4, -0.2) is 24.2 Å². The molecule has 3 rings (SSSR count). The van der Waals surface area contributed by atoms with Gasteiger partial charge in [-0.05, 0) is 49.4 Å². The Hall–Kier alpha value is -2.22. The molecule has 4 nitrogen and oxygen atoms in total. The maximum atomic E-state index is 13.8. The van der Waals surface area contributed by atoms with Crippen molar-refractivity contribution in [1.29, 1.82) is 0 Å². The third kappa shape index (κ3) is 6.63. The summed E-state index contributed by atoms with van der Waals surface area (Å²) in [5.41, 5.74) is 1.43. The van der Waals surface area contributed by atoms with Crippen LogP contribution in [0.25, 0.3) is 0 Å². The van der Waals surface area contributed by atoms with Crippen molar-refractivity contribution < 1.29 is 18.3 Å². The molecule has 0 aliphatic carbocycles. The van der Waals surface area contributed by atoms with Crippen molar-refractivity contribution in [2.45, 2.75) is 45.4 Å². The highest BCUT2D eigenvalue weighted by molar-refractivity contribution is 6.76. The first kappa shape index (κ1) is 23.4. The second-order valence-corrected chi connectivity index (χ2v) is 14.7. The lowest BCUT2D eigenvalue weighted by Gasteiger charge is -2.21. The van der Waals surface area contributed by atoms with E-state index in [0.29, 0.717) is 30.5 Å². The van der Waals surface area contributed by atoms with Gasteiger partial charge in [-0.2, -0.15) is 0 Å². The number of hydrogen-bond acceptors (Lipinski definition) is 3. The third-order valence-electron chi connectivity index (χ3n) is 4.70. The van der Waals surface area contributed by atoms with Crippen LogP contribution in [0.1, 0.15) is 23.2 Å². The molecular weight excluding hydrogens is 438 g/mol. The van der Waals surface area contributed by atoms with E-state index in [-0.39, 0.29) is 10.8 Å². The Kier molecular flexibility index (Phi) is 7.51. The zero-order valence-electron chi connectivity index (χ0n) is 18.2. The molecule has 3 aromatic rings. The molecule has 0 fully saturated rings. The minimum atomic E-state index is -1.20. The van der Waals surface area contributed by atoms with Gasteiger partial charge in [-0.15, -0.1) is 0 Å². The number of imidazole rings is 1. The van der Waals surface area contributed by atoms with E-state index >= 15 is 0 Å². The van der Waals surface area contributed by atoms with E-state index in [1.807, 2.05) is 17.7 Å². The molecule has 0 radical (unpaired) electrons. The van der Waals surface area contributed by atoms with Crippen molar-refractivity contribution >= 4 is 19.7 Å². The lowest BCUT2D eigenvalue weighted by atomic mass is 10.1. The number of nitrogens with zero attached hydrogens (tertiary/aromatic N) is 2. The van der Waals surface area contributed by atoms with Crippen LogP contribution in [-0.2, 0) is 11.5 Å². The van der Waals surface area contributed by atoms with Crippen molar-refractivity contribution in [3.8, 4) is 5.75 Å². The van der Waals surface area contributed by atoms with Gasteiger partial charge in [-0.3, -0.25) is 0 Å². The standard InChI is InChI=1S/C23H27ClF2N2O2Si/c1-16-14-28(15-29-11-12-31(2,3)4)23(27-16)22(17-5-10-21(26)20(24)13-17)30-19-8-6-18(25)7-9-19/h5-10,13-14,22H,11-12,15H2,1-4H3. The molecule has 0 aliphatic rings. The minimum Gasteiger partial charge on any atom is -0.478 e. The van der Waals surface area contributed by atoms with Crippen LogP contribution >= 0.6 is 11.6 Å². The number of rotatable bonds is 9. The Bertz CT molecular complexity index is 1020. The number of ether oxygens (including phenoxy) is 2. The quantitative estimate of drug-likeness (QED) is 0.264. The summed E-state index contributed by atoms with van der Waals surface area (Å²) in [6, 6.07) is 11.2. The van der Waals surface area contributed by atoms with Gasteiger partial charge in [0.15, 0.2) is 11.9 Å². The number of halogens is 3. The van der Waals surface area contributed by atoms with E-state index in [1.54, 1.807) is 6.07 Å². The Morgan fingerprint density at radius 1 is 1.10 bits per heavy atom. The molecule has 0 amide bonds. The molecule has 0 N–H and O–H groups in total. The van der Waals surface area contributed by atoms with Crippen LogP contribution in [0.5, 0.6) is 5.75 Å². The van der Waals surface area contributed by atoms with Crippen molar-refractivity contribution in [2.75, 3.05) is 6.61 Å². The highest BCUT2D eigenvalue weighted by Gasteiger charge is 2.24. The minimum absolute atomic E-state index is 0.00794. The molecule has 2 aromatic carbocycles. The van der Waals surface area contributed by atoms with Crippen molar-refractivity contribution in [1.82, 2.24) is 9.55 Å². The zero-order valence-corrected chi connectivity index (χ0v) is 19.9. The van der Waals surface area contributed by atoms with Gasteiger partial charge in [0.25, 0.3) is 0 Å². The SMILES string of the molecule is Cc1cn(COCC[Si](C)(C)C)c(C(Oc2ccc(F)cc2)c2ccc(F)c(Cl)c2)n1. The smallest absolute Gasteiger partial charge is 0.181 e. The normalized spacial score (nSPS) is 12.7. The van der Waals surface area contributed by atoms with Crippen LogP contribution in [0.3, 0.4) is 0 Å². The summed E-state index contributed by atoms with van der Waals surface area (Å²) in [4.78, 5) is 4.64. The fraction of sp³-hybridized carbons (Fsp3) is 0.348. The van der Waals surface area contributed by atoms with Gasteiger partial charge in [-0.1, -0.05) is 37.3 Å².